The Kier molecular flexibility index (Phi) is 6.23. The number of carbonyl (C=O) groups excluding carboxylic acids is 2. The second kappa shape index (κ2) is 8.76. The van der Waals surface area contributed by atoms with Crippen molar-refractivity contribution in [2.45, 2.75) is 57.9 Å². The zero-order valence-corrected chi connectivity index (χ0v) is 19.4. The van der Waals surface area contributed by atoms with E-state index in [2.05, 4.69) is 49.1 Å². The van der Waals surface area contributed by atoms with Gasteiger partial charge in [-0.3, -0.25) is 14.5 Å². The normalized spacial score (nSPS) is 21.7. The first-order valence-electron chi connectivity index (χ1n) is 11.3. The molecule has 0 radical (unpaired) electrons. The van der Waals surface area contributed by atoms with Crippen LogP contribution in [0.4, 0.5) is 5.69 Å². The molecule has 5 heteroatoms. The van der Waals surface area contributed by atoms with Crippen LogP contribution in [-0.4, -0.2) is 35.8 Å². The van der Waals surface area contributed by atoms with Gasteiger partial charge in [0.2, 0.25) is 5.91 Å². The van der Waals surface area contributed by atoms with Gasteiger partial charge in [0.05, 0.1) is 16.8 Å². The molecule has 164 valence electrons. The quantitative estimate of drug-likeness (QED) is 0.656. The molecule has 2 amide bonds. The molecule has 0 spiro atoms. The fourth-order valence-corrected chi connectivity index (χ4v) is 5.59. The summed E-state index contributed by atoms with van der Waals surface area (Å²) in [4.78, 5) is 30.2. The molecule has 2 heterocycles. The van der Waals surface area contributed by atoms with Gasteiger partial charge in [0, 0.05) is 11.8 Å². The minimum atomic E-state index is -0.436. The second-order valence-electron chi connectivity index (χ2n) is 9.35. The Morgan fingerprint density at radius 3 is 2.39 bits per heavy atom. The molecule has 1 saturated heterocycles. The number of imide groups is 1. The highest BCUT2D eigenvalue weighted by atomic mass is 35.5. The average Bonchev–Trinajstić information content (AvgIpc) is 2.76. The van der Waals surface area contributed by atoms with Crippen LogP contribution >= 0.6 is 11.6 Å². The maximum Gasteiger partial charge on any atom is 0.252 e. The lowest BCUT2D eigenvalue weighted by Crippen LogP contribution is -2.63. The molecule has 0 bridgehead atoms. The minimum absolute atomic E-state index is 0.140. The van der Waals surface area contributed by atoms with E-state index in [-0.39, 0.29) is 24.3 Å². The Labute approximate surface area is 190 Å². The summed E-state index contributed by atoms with van der Waals surface area (Å²) in [6.45, 7) is 7.72. The maximum atomic E-state index is 13.7. The maximum absolute atomic E-state index is 13.7. The van der Waals surface area contributed by atoms with Crippen molar-refractivity contribution in [1.82, 2.24) is 4.90 Å². The number of amides is 2. The van der Waals surface area contributed by atoms with Crippen LogP contribution in [0.25, 0.3) is 0 Å². The van der Waals surface area contributed by atoms with E-state index in [4.69, 9.17) is 11.6 Å². The summed E-state index contributed by atoms with van der Waals surface area (Å²) in [5, 5.41) is 0.459. The van der Waals surface area contributed by atoms with Crippen molar-refractivity contribution in [3.63, 3.8) is 0 Å². The lowest BCUT2D eigenvalue weighted by Gasteiger charge is -2.49. The van der Waals surface area contributed by atoms with Gasteiger partial charge in [-0.2, -0.15) is 0 Å². The number of benzene rings is 2. The number of piperidine rings is 1. The number of nitrogens with zero attached hydrogens (tertiary/aromatic N) is 2. The zero-order valence-electron chi connectivity index (χ0n) is 18.6. The summed E-state index contributed by atoms with van der Waals surface area (Å²) in [6.07, 6.45) is 3.45. The molecular weight excluding hydrogens is 408 g/mol. The second-order valence-corrected chi connectivity index (χ2v) is 9.76. The van der Waals surface area contributed by atoms with Crippen LogP contribution < -0.4 is 4.90 Å². The fourth-order valence-electron chi connectivity index (χ4n) is 5.33. The highest BCUT2D eigenvalue weighted by molar-refractivity contribution is 6.36. The fraction of sp³-hybridized carbons (Fsp3) is 0.462. The van der Waals surface area contributed by atoms with Gasteiger partial charge in [-0.25, -0.2) is 4.90 Å². The van der Waals surface area contributed by atoms with E-state index in [0.717, 1.165) is 37.9 Å². The predicted molar refractivity (Wildman–Crippen MR) is 125 cm³/mol. The van der Waals surface area contributed by atoms with E-state index >= 15 is 0 Å². The van der Waals surface area contributed by atoms with Crippen LogP contribution in [0.15, 0.2) is 48.5 Å². The summed E-state index contributed by atoms with van der Waals surface area (Å²) in [6, 6.07) is 15.9. The third kappa shape index (κ3) is 4.04. The van der Waals surface area contributed by atoms with Crippen molar-refractivity contribution >= 4 is 29.1 Å². The Balaban J connectivity index is 1.60. The first kappa shape index (κ1) is 22.0. The van der Waals surface area contributed by atoms with Crippen molar-refractivity contribution in [3.05, 3.63) is 64.7 Å². The minimum Gasteiger partial charge on any atom is -0.291 e. The third-order valence-electron chi connectivity index (χ3n) is 6.98. The molecule has 0 aromatic heterocycles. The first-order chi connectivity index (χ1) is 14.8. The van der Waals surface area contributed by atoms with Gasteiger partial charge in [0.25, 0.3) is 5.91 Å². The molecule has 0 aliphatic carbocycles. The third-order valence-corrected chi connectivity index (χ3v) is 7.28. The van der Waals surface area contributed by atoms with Gasteiger partial charge < -0.3 is 0 Å². The van der Waals surface area contributed by atoms with Crippen LogP contribution in [-0.2, 0) is 21.4 Å². The molecule has 1 fully saturated rings. The topological polar surface area (TPSA) is 40.6 Å². The van der Waals surface area contributed by atoms with Crippen LogP contribution in [0, 0.1) is 5.92 Å². The largest absolute Gasteiger partial charge is 0.291 e. The molecule has 2 aromatic rings. The first-order valence-corrected chi connectivity index (χ1v) is 11.7. The average molecular weight is 439 g/mol. The Morgan fingerprint density at radius 1 is 1.06 bits per heavy atom. The molecule has 1 atom stereocenters. The Hall–Kier alpha value is -2.17. The monoisotopic (exact) mass is 438 g/mol. The van der Waals surface area contributed by atoms with Crippen molar-refractivity contribution in [2.75, 3.05) is 18.0 Å². The molecule has 2 aliphatic heterocycles. The van der Waals surface area contributed by atoms with Gasteiger partial charge in [0.1, 0.15) is 0 Å². The molecule has 4 rings (SSSR count). The highest BCUT2D eigenvalue weighted by Crippen LogP contribution is 2.46. The SMILES string of the molecule is CCC(=O)N1C(=O)C(N2CCC(Cc3ccccc3)CC2)C(C)(C)c2cccc(Cl)c21. The van der Waals surface area contributed by atoms with Gasteiger partial charge in [-0.1, -0.05) is 74.8 Å². The summed E-state index contributed by atoms with van der Waals surface area (Å²) in [7, 11) is 0. The van der Waals surface area contributed by atoms with E-state index < -0.39 is 5.41 Å². The number of fused-ring (bicyclic) bond motifs is 1. The summed E-state index contributed by atoms with van der Waals surface area (Å²) in [5.74, 6) is 0.285. The predicted octanol–water partition coefficient (Wildman–Crippen LogP) is 5.22. The van der Waals surface area contributed by atoms with Gasteiger partial charge in [-0.05, 0) is 55.5 Å². The number of halogens is 1. The number of rotatable bonds is 4. The number of anilines is 1. The van der Waals surface area contributed by atoms with Crippen molar-refractivity contribution < 1.29 is 9.59 Å². The van der Waals surface area contributed by atoms with Crippen molar-refractivity contribution in [2.24, 2.45) is 5.92 Å². The number of likely N-dealkylation sites (tertiary alicyclic amines) is 1. The molecule has 31 heavy (non-hydrogen) atoms. The Bertz CT molecular complexity index is 965. The number of carbonyl (C=O) groups is 2. The Morgan fingerprint density at radius 2 is 1.74 bits per heavy atom. The smallest absolute Gasteiger partial charge is 0.252 e. The number of hydrogen-bond donors (Lipinski definition) is 0. The standard InChI is InChI=1S/C26H31ClN2O2/c1-4-22(30)29-23-20(11-8-12-21(23)27)26(2,3)24(25(29)31)28-15-13-19(14-16-28)17-18-9-6-5-7-10-18/h5-12,19,24H,4,13-17H2,1-3H3. The summed E-state index contributed by atoms with van der Waals surface area (Å²) in [5.41, 5.74) is 2.48. The zero-order chi connectivity index (χ0) is 22.2. The lowest BCUT2D eigenvalue weighted by atomic mass is 9.72. The van der Waals surface area contributed by atoms with Gasteiger partial charge in [0.15, 0.2) is 0 Å². The van der Waals surface area contributed by atoms with Crippen LogP contribution in [0.2, 0.25) is 5.02 Å². The molecule has 0 N–H and O–H groups in total. The lowest BCUT2D eigenvalue weighted by molar-refractivity contribution is -0.132. The number of hydrogen-bond acceptors (Lipinski definition) is 3. The van der Waals surface area contributed by atoms with Crippen molar-refractivity contribution in [1.29, 1.82) is 0 Å². The van der Waals surface area contributed by atoms with Crippen LogP contribution in [0.3, 0.4) is 0 Å². The summed E-state index contributed by atoms with van der Waals surface area (Å²) >= 11 is 6.50. The van der Waals surface area contributed by atoms with E-state index in [1.165, 1.54) is 10.5 Å². The molecule has 4 nitrogen and oxygen atoms in total. The number of para-hydroxylation sites is 1. The van der Waals surface area contributed by atoms with Crippen LogP contribution in [0.1, 0.15) is 51.2 Å². The molecule has 1 unspecified atom stereocenters. The highest BCUT2D eigenvalue weighted by Gasteiger charge is 2.51. The molecule has 2 aromatic carbocycles. The van der Waals surface area contributed by atoms with Crippen molar-refractivity contribution in [3.8, 4) is 0 Å². The van der Waals surface area contributed by atoms with E-state index in [1.54, 1.807) is 13.0 Å². The van der Waals surface area contributed by atoms with E-state index in [0.29, 0.717) is 16.6 Å². The molecule has 2 aliphatic rings. The van der Waals surface area contributed by atoms with Gasteiger partial charge in [-0.15, -0.1) is 0 Å². The summed E-state index contributed by atoms with van der Waals surface area (Å²) < 4.78 is 0. The van der Waals surface area contributed by atoms with E-state index in [1.807, 2.05) is 12.1 Å². The van der Waals surface area contributed by atoms with Gasteiger partial charge >= 0.3 is 0 Å². The molecule has 0 saturated carbocycles. The molecular formula is C26H31ClN2O2. The van der Waals surface area contributed by atoms with Crippen LogP contribution in [0.5, 0.6) is 0 Å². The van der Waals surface area contributed by atoms with E-state index in [9.17, 15) is 9.59 Å².